The molecule has 0 unspecified atom stereocenters. The van der Waals surface area contributed by atoms with Crippen LogP contribution in [0.25, 0.3) is 0 Å². The molecule has 6 nitrogen and oxygen atoms in total. The summed E-state index contributed by atoms with van der Waals surface area (Å²) >= 11 is 0. The quantitative estimate of drug-likeness (QED) is 0.0263. The Kier molecular flexibility index (Phi) is 47.8. The van der Waals surface area contributed by atoms with Crippen molar-refractivity contribution in [1.29, 1.82) is 0 Å². The Morgan fingerprint density at radius 2 is 0.550 bits per heavy atom. The molecule has 0 saturated heterocycles. The number of unbranched alkanes of at least 4 members (excludes halogenated alkanes) is 33. The van der Waals surface area contributed by atoms with E-state index in [0.717, 1.165) is 70.6 Å². The van der Waals surface area contributed by atoms with Crippen LogP contribution in [-0.2, 0) is 28.6 Å². The maximum Gasteiger partial charge on any atom is 0.306 e. The molecule has 0 aromatic carbocycles. The average Bonchev–Trinajstić information content (AvgIpc) is 3.24. The maximum absolute atomic E-state index is 12.8. The fourth-order valence-corrected chi connectivity index (χ4v) is 7.67. The van der Waals surface area contributed by atoms with E-state index < -0.39 is 6.10 Å². The molecule has 0 aromatic rings. The molecule has 0 aromatic heterocycles. The van der Waals surface area contributed by atoms with Gasteiger partial charge in [-0.25, -0.2) is 0 Å². The summed E-state index contributed by atoms with van der Waals surface area (Å²) in [7, 11) is 0. The SMILES string of the molecule is CCCCCC/C=C\CCCCCCCC(=O)O[C@@H](COC(=O)CCCCCCC/C=C\CCCCCCCCC)COC(=O)CCCCCCCCCCCCCCC. The van der Waals surface area contributed by atoms with E-state index in [1.807, 2.05) is 0 Å². The van der Waals surface area contributed by atoms with E-state index in [-0.39, 0.29) is 31.1 Å². The Bertz CT molecular complexity index is 973. The van der Waals surface area contributed by atoms with Crippen LogP contribution in [0, 0.1) is 0 Å². The molecule has 0 aliphatic heterocycles. The number of allylic oxidation sites excluding steroid dienone is 4. The molecular formula is C54H100O6. The lowest BCUT2D eigenvalue weighted by Gasteiger charge is -2.18. The molecule has 0 aliphatic rings. The van der Waals surface area contributed by atoms with Crippen LogP contribution in [0.15, 0.2) is 24.3 Å². The molecule has 0 bridgehead atoms. The van der Waals surface area contributed by atoms with E-state index in [4.69, 9.17) is 14.2 Å². The van der Waals surface area contributed by atoms with E-state index in [2.05, 4.69) is 45.1 Å². The van der Waals surface area contributed by atoms with E-state index >= 15 is 0 Å². The number of hydrogen-bond acceptors (Lipinski definition) is 6. The highest BCUT2D eigenvalue weighted by Gasteiger charge is 2.19. The minimum Gasteiger partial charge on any atom is -0.462 e. The second kappa shape index (κ2) is 49.5. The highest BCUT2D eigenvalue weighted by atomic mass is 16.6. The lowest BCUT2D eigenvalue weighted by Crippen LogP contribution is -2.30. The molecule has 1 atom stereocenters. The van der Waals surface area contributed by atoms with E-state index in [0.29, 0.717) is 19.3 Å². The zero-order chi connectivity index (χ0) is 43.7. The highest BCUT2D eigenvalue weighted by molar-refractivity contribution is 5.71. The molecule has 0 rings (SSSR count). The zero-order valence-corrected chi connectivity index (χ0v) is 40.2. The number of ether oxygens (including phenoxy) is 3. The molecule has 0 amide bonds. The molecule has 0 radical (unpaired) electrons. The topological polar surface area (TPSA) is 78.9 Å². The van der Waals surface area contributed by atoms with Crippen molar-refractivity contribution < 1.29 is 28.6 Å². The Balaban J connectivity index is 4.35. The lowest BCUT2D eigenvalue weighted by atomic mass is 10.0. The summed E-state index contributed by atoms with van der Waals surface area (Å²) < 4.78 is 16.8. The van der Waals surface area contributed by atoms with Crippen LogP contribution < -0.4 is 0 Å². The number of rotatable bonds is 48. The van der Waals surface area contributed by atoms with Crippen LogP contribution >= 0.6 is 0 Å². The molecule has 0 saturated carbocycles. The Morgan fingerprint density at radius 3 is 0.850 bits per heavy atom. The molecule has 0 N–H and O–H groups in total. The van der Waals surface area contributed by atoms with Gasteiger partial charge in [-0.15, -0.1) is 0 Å². The first kappa shape index (κ1) is 57.9. The van der Waals surface area contributed by atoms with Gasteiger partial charge in [0.25, 0.3) is 0 Å². The van der Waals surface area contributed by atoms with Crippen LogP contribution in [0.4, 0.5) is 0 Å². The van der Waals surface area contributed by atoms with Crippen LogP contribution in [0.1, 0.15) is 284 Å². The molecular weight excluding hydrogens is 745 g/mol. The summed E-state index contributed by atoms with van der Waals surface area (Å²) in [5.74, 6) is -0.878. The standard InChI is InChI=1S/C54H100O6/c1-4-7-10-13-16-19-22-25-26-27-30-32-35-38-41-44-47-53(56)59-50-51(60-54(57)48-45-42-39-36-33-29-24-21-18-15-12-9-6-3)49-58-52(55)46-43-40-37-34-31-28-23-20-17-14-11-8-5-2/h21,24,26-27,51H,4-20,22-23,25,28-50H2,1-3H3/b24-21-,27-26-/t51-/m1/s1. The first-order valence-corrected chi connectivity index (χ1v) is 26.3. The minimum absolute atomic E-state index is 0.0735. The number of carbonyl (C=O) groups excluding carboxylic acids is 3. The molecule has 352 valence electrons. The van der Waals surface area contributed by atoms with Crippen molar-refractivity contribution in [1.82, 2.24) is 0 Å². The first-order chi connectivity index (χ1) is 29.5. The Hall–Kier alpha value is -2.11. The Morgan fingerprint density at radius 1 is 0.317 bits per heavy atom. The highest BCUT2D eigenvalue weighted by Crippen LogP contribution is 2.15. The van der Waals surface area contributed by atoms with Crippen molar-refractivity contribution in [3.8, 4) is 0 Å². The van der Waals surface area contributed by atoms with Crippen molar-refractivity contribution in [3.05, 3.63) is 24.3 Å². The predicted octanol–water partition coefficient (Wildman–Crippen LogP) is 17.2. The summed E-state index contributed by atoms with van der Waals surface area (Å²) in [6.45, 7) is 6.63. The van der Waals surface area contributed by atoms with E-state index in [1.54, 1.807) is 0 Å². The zero-order valence-electron chi connectivity index (χ0n) is 40.2. The van der Waals surface area contributed by atoms with Gasteiger partial charge in [0.15, 0.2) is 6.10 Å². The van der Waals surface area contributed by atoms with Gasteiger partial charge in [0.05, 0.1) is 0 Å². The second-order valence-corrected chi connectivity index (χ2v) is 17.8. The lowest BCUT2D eigenvalue weighted by molar-refractivity contribution is -0.167. The van der Waals surface area contributed by atoms with Crippen molar-refractivity contribution in [2.24, 2.45) is 0 Å². The summed E-state index contributed by atoms with van der Waals surface area (Å²) in [6, 6.07) is 0. The third-order valence-corrected chi connectivity index (χ3v) is 11.7. The normalized spacial score (nSPS) is 12.1. The number of esters is 3. The molecule has 0 heterocycles. The van der Waals surface area contributed by atoms with Crippen LogP contribution in [0.3, 0.4) is 0 Å². The van der Waals surface area contributed by atoms with Gasteiger partial charge >= 0.3 is 17.9 Å². The number of hydrogen-bond donors (Lipinski definition) is 0. The van der Waals surface area contributed by atoms with Gasteiger partial charge in [-0.3, -0.25) is 14.4 Å². The van der Waals surface area contributed by atoms with Gasteiger partial charge in [0.2, 0.25) is 0 Å². The first-order valence-electron chi connectivity index (χ1n) is 26.3. The van der Waals surface area contributed by atoms with Crippen molar-refractivity contribution in [3.63, 3.8) is 0 Å². The van der Waals surface area contributed by atoms with Gasteiger partial charge < -0.3 is 14.2 Å². The van der Waals surface area contributed by atoms with Gasteiger partial charge in [-0.1, -0.05) is 218 Å². The summed E-state index contributed by atoms with van der Waals surface area (Å²) in [4.78, 5) is 37.9. The van der Waals surface area contributed by atoms with Crippen molar-refractivity contribution in [2.75, 3.05) is 13.2 Å². The van der Waals surface area contributed by atoms with Gasteiger partial charge in [-0.05, 0) is 70.6 Å². The van der Waals surface area contributed by atoms with Gasteiger partial charge in [-0.2, -0.15) is 0 Å². The minimum atomic E-state index is -0.773. The van der Waals surface area contributed by atoms with Crippen molar-refractivity contribution in [2.45, 2.75) is 290 Å². The van der Waals surface area contributed by atoms with E-state index in [9.17, 15) is 14.4 Å². The third kappa shape index (κ3) is 46.9. The van der Waals surface area contributed by atoms with Gasteiger partial charge in [0.1, 0.15) is 13.2 Å². The molecule has 0 spiro atoms. The fourth-order valence-electron chi connectivity index (χ4n) is 7.67. The number of carbonyl (C=O) groups is 3. The van der Waals surface area contributed by atoms with Crippen LogP contribution in [-0.4, -0.2) is 37.2 Å². The van der Waals surface area contributed by atoms with Gasteiger partial charge in [0, 0.05) is 19.3 Å². The van der Waals surface area contributed by atoms with E-state index in [1.165, 1.54) is 173 Å². The van der Waals surface area contributed by atoms with Crippen LogP contribution in [0.2, 0.25) is 0 Å². The summed E-state index contributed by atoms with van der Waals surface area (Å²) in [5.41, 5.74) is 0. The molecule has 0 aliphatic carbocycles. The van der Waals surface area contributed by atoms with Crippen molar-refractivity contribution >= 4 is 17.9 Å². The average molecular weight is 845 g/mol. The smallest absolute Gasteiger partial charge is 0.306 e. The fraction of sp³-hybridized carbons (Fsp3) is 0.870. The third-order valence-electron chi connectivity index (χ3n) is 11.7. The van der Waals surface area contributed by atoms with Crippen LogP contribution in [0.5, 0.6) is 0 Å². The monoisotopic (exact) mass is 845 g/mol. The molecule has 0 fully saturated rings. The molecule has 6 heteroatoms. The maximum atomic E-state index is 12.8. The Labute approximate surface area is 373 Å². The summed E-state index contributed by atoms with van der Waals surface area (Å²) in [6.07, 6.45) is 55.8. The largest absolute Gasteiger partial charge is 0.462 e. The molecule has 60 heavy (non-hydrogen) atoms. The summed E-state index contributed by atoms with van der Waals surface area (Å²) in [5, 5.41) is 0. The predicted molar refractivity (Wildman–Crippen MR) is 256 cm³/mol. The second-order valence-electron chi connectivity index (χ2n) is 17.8.